The van der Waals surface area contributed by atoms with Crippen LogP contribution in [0.15, 0.2) is 23.1 Å². The fourth-order valence-electron chi connectivity index (χ4n) is 2.08. The summed E-state index contributed by atoms with van der Waals surface area (Å²) in [6.07, 6.45) is 2.95. The van der Waals surface area contributed by atoms with Crippen LogP contribution in [0, 0.1) is 0 Å². The van der Waals surface area contributed by atoms with E-state index in [9.17, 15) is 8.42 Å². The fourth-order valence-corrected chi connectivity index (χ4v) is 3.41. The van der Waals surface area contributed by atoms with Gasteiger partial charge in [-0.25, -0.2) is 13.1 Å². The second-order valence-electron chi connectivity index (χ2n) is 5.08. The lowest BCUT2D eigenvalue weighted by Gasteiger charge is -2.26. The van der Waals surface area contributed by atoms with E-state index in [-0.39, 0.29) is 12.1 Å². The summed E-state index contributed by atoms with van der Waals surface area (Å²) in [5.74, 6) is 0.725. The molecule has 5 nitrogen and oxygen atoms in total. The SMILES string of the molecule is CCC1CNc2cc(S(=O)(=O)NC3CC3)ccc2O1. The van der Waals surface area contributed by atoms with Crippen LogP contribution in [0.25, 0.3) is 0 Å². The molecule has 0 spiro atoms. The Morgan fingerprint density at radius 1 is 1.42 bits per heavy atom. The Labute approximate surface area is 113 Å². The molecule has 0 aromatic heterocycles. The molecule has 19 heavy (non-hydrogen) atoms. The molecule has 3 rings (SSSR count). The average molecular weight is 282 g/mol. The maximum atomic E-state index is 12.1. The van der Waals surface area contributed by atoms with Crippen LogP contribution in [0.2, 0.25) is 0 Å². The van der Waals surface area contributed by atoms with E-state index in [4.69, 9.17) is 4.74 Å². The van der Waals surface area contributed by atoms with Crippen LogP contribution in [0.3, 0.4) is 0 Å². The van der Waals surface area contributed by atoms with Gasteiger partial charge in [-0.2, -0.15) is 0 Å². The minimum Gasteiger partial charge on any atom is -0.486 e. The Bertz CT molecular complexity index is 582. The Balaban J connectivity index is 1.85. The Kier molecular flexibility index (Phi) is 3.14. The van der Waals surface area contributed by atoms with E-state index >= 15 is 0 Å². The molecule has 1 saturated carbocycles. The van der Waals surface area contributed by atoms with Crippen molar-refractivity contribution in [2.75, 3.05) is 11.9 Å². The summed E-state index contributed by atoms with van der Waals surface area (Å²) in [4.78, 5) is 0.296. The van der Waals surface area contributed by atoms with Gasteiger partial charge in [0.05, 0.1) is 17.1 Å². The quantitative estimate of drug-likeness (QED) is 0.882. The summed E-state index contributed by atoms with van der Waals surface area (Å²) in [6.45, 7) is 2.78. The molecule has 2 aliphatic rings. The predicted molar refractivity (Wildman–Crippen MR) is 73.0 cm³/mol. The van der Waals surface area contributed by atoms with Gasteiger partial charge in [0.1, 0.15) is 11.9 Å². The smallest absolute Gasteiger partial charge is 0.240 e. The molecule has 0 saturated heterocycles. The predicted octanol–water partition coefficient (Wildman–Crippen LogP) is 1.71. The van der Waals surface area contributed by atoms with Crippen molar-refractivity contribution in [1.29, 1.82) is 0 Å². The zero-order chi connectivity index (χ0) is 13.5. The van der Waals surface area contributed by atoms with Gasteiger partial charge in [0.25, 0.3) is 0 Å². The van der Waals surface area contributed by atoms with Crippen LogP contribution in [0.1, 0.15) is 26.2 Å². The highest BCUT2D eigenvalue weighted by Gasteiger charge is 2.29. The summed E-state index contributed by atoms with van der Waals surface area (Å²) >= 11 is 0. The van der Waals surface area contributed by atoms with Gasteiger partial charge in [0.15, 0.2) is 0 Å². The second-order valence-corrected chi connectivity index (χ2v) is 6.80. The van der Waals surface area contributed by atoms with Gasteiger partial charge in [-0.3, -0.25) is 0 Å². The monoisotopic (exact) mass is 282 g/mol. The van der Waals surface area contributed by atoms with Crippen LogP contribution in [-0.4, -0.2) is 27.1 Å². The maximum Gasteiger partial charge on any atom is 0.240 e. The summed E-state index contributed by atoms with van der Waals surface area (Å²) in [7, 11) is -3.40. The third-order valence-electron chi connectivity index (χ3n) is 3.43. The number of rotatable bonds is 4. The van der Waals surface area contributed by atoms with Crippen LogP contribution in [-0.2, 0) is 10.0 Å². The Hall–Kier alpha value is -1.27. The van der Waals surface area contributed by atoms with E-state index in [1.165, 1.54) is 0 Å². The van der Waals surface area contributed by atoms with Crippen LogP contribution >= 0.6 is 0 Å². The van der Waals surface area contributed by atoms with Gasteiger partial charge in [0.2, 0.25) is 10.0 Å². The third kappa shape index (κ3) is 2.69. The van der Waals surface area contributed by atoms with Gasteiger partial charge in [-0.05, 0) is 37.5 Å². The summed E-state index contributed by atoms with van der Waals surface area (Å²) in [5, 5.41) is 3.23. The summed E-state index contributed by atoms with van der Waals surface area (Å²) < 4.78 is 32.7. The van der Waals surface area contributed by atoms with Gasteiger partial charge in [-0.15, -0.1) is 0 Å². The first-order valence-electron chi connectivity index (χ1n) is 6.65. The molecule has 1 aliphatic carbocycles. The molecule has 1 aliphatic heterocycles. The summed E-state index contributed by atoms with van der Waals surface area (Å²) in [5.41, 5.74) is 0.753. The van der Waals surface area contributed by atoms with Crippen molar-refractivity contribution in [2.45, 2.75) is 43.2 Å². The van der Waals surface area contributed by atoms with Crippen molar-refractivity contribution >= 4 is 15.7 Å². The number of hydrogen-bond acceptors (Lipinski definition) is 4. The molecule has 1 heterocycles. The molecule has 1 aromatic carbocycles. The lowest BCUT2D eigenvalue weighted by atomic mass is 10.2. The summed E-state index contributed by atoms with van der Waals surface area (Å²) in [6, 6.07) is 5.09. The average Bonchev–Trinajstić information content (AvgIpc) is 3.20. The first-order chi connectivity index (χ1) is 9.08. The molecule has 0 amide bonds. The third-order valence-corrected chi connectivity index (χ3v) is 4.95. The number of fused-ring (bicyclic) bond motifs is 1. The van der Waals surface area contributed by atoms with Crippen molar-refractivity contribution in [3.63, 3.8) is 0 Å². The van der Waals surface area contributed by atoms with Crippen molar-refractivity contribution in [1.82, 2.24) is 4.72 Å². The molecular formula is C13H18N2O3S. The molecule has 1 unspecified atom stereocenters. The van der Waals surface area contributed by atoms with Crippen molar-refractivity contribution in [2.24, 2.45) is 0 Å². The number of hydrogen-bond donors (Lipinski definition) is 2. The normalized spacial score (nSPS) is 22.3. The number of anilines is 1. The zero-order valence-electron chi connectivity index (χ0n) is 10.8. The standard InChI is InChI=1S/C13H18N2O3S/c1-2-10-8-14-12-7-11(5-6-13(12)18-10)19(16,17)15-9-3-4-9/h5-7,9-10,14-15H,2-4,8H2,1H3. The minimum atomic E-state index is -3.40. The van der Waals surface area contributed by atoms with Crippen LogP contribution in [0.5, 0.6) is 5.75 Å². The van der Waals surface area contributed by atoms with Gasteiger partial charge < -0.3 is 10.1 Å². The van der Waals surface area contributed by atoms with Gasteiger partial charge >= 0.3 is 0 Å². The highest BCUT2D eigenvalue weighted by molar-refractivity contribution is 7.89. The lowest BCUT2D eigenvalue weighted by molar-refractivity contribution is 0.201. The van der Waals surface area contributed by atoms with E-state index in [1.54, 1.807) is 18.2 Å². The largest absolute Gasteiger partial charge is 0.486 e. The topological polar surface area (TPSA) is 67.4 Å². The molecule has 104 valence electrons. The fraction of sp³-hybridized carbons (Fsp3) is 0.538. The van der Waals surface area contributed by atoms with Crippen LogP contribution in [0.4, 0.5) is 5.69 Å². The number of benzene rings is 1. The minimum absolute atomic E-state index is 0.120. The number of ether oxygens (including phenoxy) is 1. The highest BCUT2D eigenvalue weighted by atomic mass is 32.2. The van der Waals surface area contributed by atoms with E-state index in [0.717, 1.165) is 30.7 Å². The first-order valence-corrected chi connectivity index (χ1v) is 8.13. The van der Waals surface area contributed by atoms with Crippen LogP contribution < -0.4 is 14.8 Å². The Morgan fingerprint density at radius 2 is 2.21 bits per heavy atom. The van der Waals surface area contributed by atoms with Crippen molar-refractivity contribution in [3.8, 4) is 5.75 Å². The van der Waals surface area contributed by atoms with Gasteiger partial charge in [0, 0.05) is 6.04 Å². The van der Waals surface area contributed by atoms with E-state index in [0.29, 0.717) is 11.4 Å². The second kappa shape index (κ2) is 4.68. The molecule has 2 N–H and O–H groups in total. The number of nitrogens with one attached hydrogen (secondary N) is 2. The molecular weight excluding hydrogens is 264 g/mol. The highest BCUT2D eigenvalue weighted by Crippen LogP contribution is 2.32. The van der Waals surface area contributed by atoms with E-state index < -0.39 is 10.0 Å². The van der Waals surface area contributed by atoms with Crippen molar-refractivity contribution < 1.29 is 13.2 Å². The molecule has 1 atom stereocenters. The zero-order valence-corrected chi connectivity index (χ0v) is 11.7. The van der Waals surface area contributed by atoms with E-state index in [2.05, 4.69) is 17.0 Å². The molecule has 6 heteroatoms. The first kappa shape index (κ1) is 12.7. The Morgan fingerprint density at radius 3 is 2.89 bits per heavy atom. The molecule has 0 bridgehead atoms. The molecule has 1 fully saturated rings. The van der Waals surface area contributed by atoms with Crippen molar-refractivity contribution in [3.05, 3.63) is 18.2 Å². The maximum absolute atomic E-state index is 12.1. The lowest BCUT2D eigenvalue weighted by Crippen LogP contribution is -2.30. The molecule has 1 aromatic rings. The number of sulfonamides is 1. The van der Waals surface area contributed by atoms with E-state index in [1.807, 2.05) is 0 Å². The molecule has 0 radical (unpaired) electrons. The van der Waals surface area contributed by atoms with Gasteiger partial charge in [-0.1, -0.05) is 6.92 Å².